The van der Waals surface area contributed by atoms with E-state index in [0.717, 1.165) is 0 Å². The Morgan fingerprint density at radius 1 is 1.24 bits per heavy atom. The number of carboxylic acid groups (broad SMARTS) is 1. The maximum atomic E-state index is 12.8. The molecule has 1 heterocycles. The quantitative estimate of drug-likeness (QED) is 0.324. The number of carboxylic acids is 1. The lowest BCUT2D eigenvalue weighted by atomic mass is 10.0. The van der Waals surface area contributed by atoms with Gasteiger partial charge in [0.15, 0.2) is 0 Å². The summed E-state index contributed by atoms with van der Waals surface area (Å²) in [6, 6.07) is -3.09. The van der Waals surface area contributed by atoms with Crippen LogP contribution in [-0.4, -0.2) is 76.6 Å². The number of nitrogens with zero attached hydrogens (tertiary/aromatic N) is 1. The highest BCUT2D eigenvalue weighted by Crippen LogP contribution is 2.20. The lowest BCUT2D eigenvalue weighted by molar-refractivity contribution is -0.146. The number of rotatable bonds is 8. The molecular weight excluding hydrogens is 332 g/mol. The van der Waals surface area contributed by atoms with Gasteiger partial charge in [-0.3, -0.25) is 14.4 Å². The first kappa shape index (κ1) is 20.8. The van der Waals surface area contributed by atoms with E-state index < -0.39 is 48.4 Å². The summed E-state index contributed by atoms with van der Waals surface area (Å²) in [4.78, 5) is 48.9. The van der Waals surface area contributed by atoms with Gasteiger partial charge in [-0.25, -0.2) is 4.79 Å². The van der Waals surface area contributed by atoms with Crippen molar-refractivity contribution in [3.63, 3.8) is 0 Å². The molecule has 0 spiro atoms. The molecule has 0 bridgehead atoms. The molecule has 10 heteroatoms. The van der Waals surface area contributed by atoms with Crippen LogP contribution in [0, 0.1) is 5.92 Å². The minimum atomic E-state index is -1.43. The predicted octanol–water partition coefficient (Wildman–Crippen LogP) is -2.36. The van der Waals surface area contributed by atoms with Gasteiger partial charge >= 0.3 is 5.97 Å². The molecule has 1 saturated heterocycles. The second-order valence-corrected chi connectivity index (χ2v) is 6.26. The number of aliphatic carboxylic acids is 1. The van der Waals surface area contributed by atoms with Gasteiger partial charge in [0, 0.05) is 6.54 Å². The van der Waals surface area contributed by atoms with E-state index in [9.17, 15) is 19.2 Å². The molecule has 1 aliphatic rings. The van der Waals surface area contributed by atoms with Crippen LogP contribution in [-0.2, 0) is 19.2 Å². The third kappa shape index (κ3) is 5.40. The monoisotopic (exact) mass is 358 g/mol. The summed E-state index contributed by atoms with van der Waals surface area (Å²) in [6.45, 7) is 2.85. The zero-order valence-electron chi connectivity index (χ0n) is 14.4. The normalized spacial score (nSPS) is 19.4. The molecule has 0 saturated carbocycles. The van der Waals surface area contributed by atoms with E-state index in [1.54, 1.807) is 13.8 Å². The smallest absolute Gasteiger partial charge is 0.328 e. The van der Waals surface area contributed by atoms with Crippen LogP contribution in [0.2, 0.25) is 0 Å². The van der Waals surface area contributed by atoms with Crippen molar-refractivity contribution in [2.75, 3.05) is 19.7 Å². The number of amides is 3. The van der Waals surface area contributed by atoms with Gasteiger partial charge in [0.1, 0.15) is 18.1 Å². The van der Waals surface area contributed by atoms with Crippen LogP contribution in [0.5, 0.6) is 0 Å². The van der Waals surface area contributed by atoms with Crippen LogP contribution in [0.15, 0.2) is 0 Å². The lowest BCUT2D eigenvalue weighted by Crippen LogP contribution is -2.57. The molecule has 0 aliphatic carbocycles. The van der Waals surface area contributed by atoms with Gasteiger partial charge in [0.25, 0.3) is 0 Å². The summed E-state index contributed by atoms with van der Waals surface area (Å²) in [5, 5.41) is 22.7. The van der Waals surface area contributed by atoms with Crippen molar-refractivity contribution in [3.8, 4) is 0 Å². The molecular formula is C15H26N4O6. The first-order valence-electron chi connectivity index (χ1n) is 8.16. The van der Waals surface area contributed by atoms with Crippen LogP contribution >= 0.6 is 0 Å². The topological polar surface area (TPSA) is 162 Å². The standard InChI is InChI=1S/C15H26N4O6/c1-8(2)12(18-11(21)6-16)14(23)19-5-3-4-10(19)13(22)17-9(7-20)15(24)25/h8-10,12,20H,3-7,16H2,1-2H3,(H,17,22)(H,18,21)(H,24,25). The Balaban J connectivity index is 2.87. The summed E-state index contributed by atoms with van der Waals surface area (Å²) in [7, 11) is 0. The summed E-state index contributed by atoms with van der Waals surface area (Å²) in [6.07, 6.45) is 0.960. The molecule has 3 atom stereocenters. The number of carbonyl (C=O) groups is 4. The van der Waals surface area contributed by atoms with E-state index in [1.807, 2.05) is 0 Å². The molecule has 6 N–H and O–H groups in total. The maximum absolute atomic E-state index is 12.8. The molecule has 0 radical (unpaired) electrons. The third-order valence-corrected chi connectivity index (χ3v) is 4.07. The molecule has 0 aromatic carbocycles. The predicted molar refractivity (Wildman–Crippen MR) is 87.2 cm³/mol. The minimum absolute atomic E-state index is 0.212. The van der Waals surface area contributed by atoms with E-state index in [1.165, 1.54) is 4.90 Å². The van der Waals surface area contributed by atoms with E-state index in [4.69, 9.17) is 15.9 Å². The zero-order valence-corrected chi connectivity index (χ0v) is 14.4. The van der Waals surface area contributed by atoms with Crippen LogP contribution in [0.1, 0.15) is 26.7 Å². The van der Waals surface area contributed by atoms with Crippen molar-refractivity contribution >= 4 is 23.7 Å². The second kappa shape index (κ2) is 9.33. The Morgan fingerprint density at radius 2 is 1.88 bits per heavy atom. The first-order valence-corrected chi connectivity index (χ1v) is 8.16. The van der Waals surface area contributed by atoms with Crippen molar-refractivity contribution in [3.05, 3.63) is 0 Å². The van der Waals surface area contributed by atoms with E-state index in [2.05, 4.69) is 10.6 Å². The SMILES string of the molecule is CC(C)C(NC(=O)CN)C(=O)N1CCCC1C(=O)NC(CO)C(=O)O. The molecule has 3 unspecified atom stereocenters. The van der Waals surface area contributed by atoms with Crippen LogP contribution in [0.25, 0.3) is 0 Å². The summed E-state index contributed by atoms with van der Waals surface area (Å²) in [5.74, 6) is -3.10. The Kier molecular flexibility index (Phi) is 7.78. The van der Waals surface area contributed by atoms with Crippen LogP contribution in [0.4, 0.5) is 0 Å². The number of aliphatic hydroxyl groups excluding tert-OH is 1. The molecule has 1 aliphatic heterocycles. The molecule has 3 amide bonds. The fourth-order valence-electron chi connectivity index (χ4n) is 2.68. The van der Waals surface area contributed by atoms with E-state index in [-0.39, 0.29) is 12.5 Å². The highest BCUT2D eigenvalue weighted by atomic mass is 16.4. The molecule has 1 fully saturated rings. The van der Waals surface area contributed by atoms with Gasteiger partial charge in [0.05, 0.1) is 13.2 Å². The van der Waals surface area contributed by atoms with Gasteiger partial charge in [-0.05, 0) is 18.8 Å². The van der Waals surface area contributed by atoms with Gasteiger partial charge in [-0.1, -0.05) is 13.8 Å². The average molecular weight is 358 g/mol. The number of hydrogen-bond donors (Lipinski definition) is 5. The summed E-state index contributed by atoms with van der Waals surface area (Å²) >= 11 is 0. The van der Waals surface area contributed by atoms with Crippen molar-refractivity contribution in [1.29, 1.82) is 0 Å². The molecule has 0 aromatic heterocycles. The maximum Gasteiger partial charge on any atom is 0.328 e. The van der Waals surface area contributed by atoms with E-state index in [0.29, 0.717) is 19.4 Å². The number of nitrogens with two attached hydrogens (primary N) is 1. The van der Waals surface area contributed by atoms with Crippen LogP contribution < -0.4 is 16.4 Å². The van der Waals surface area contributed by atoms with Crippen molar-refractivity contribution in [1.82, 2.24) is 15.5 Å². The number of hydrogen-bond acceptors (Lipinski definition) is 6. The van der Waals surface area contributed by atoms with E-state index >= 15 is 0 Å². The Labute approximate surface area is 145 Å². The van der Waals surface area contributed by atoms with Crippen molar-refractivity contribution in [2.24, 2.45) is 11.7 Å². The summed E-state index contributed by atoms with van der Waals surface area (Å²) < 4.78 is 0. The Hall–Kier alpha value is -2.20. The third-order valence-electron chi connectivity index (χ3n) is 4.07. The molecule has 0 aromatic rings. The number of aliphatic hydroxyl groups is 1. The first-order chi connectivity index (χ1) is 11.7. The molecule has 25 heavy (non-hydrogen) atoms. The number of likely N-dealkylation sites (tertiary alicyclic amines) is 1. The Bertz CT molecular complexity index is 524. The second-order valence-electron chi connectivity index (χ2n) is 6.26. The number of nitrogens with one attached hydrogen (secondary N) is 2. The lowest BCUT2D eigenvalue weighted by Gasteiger charge is -2.30. The Morgan fingerprint density at radius 3 is 2.36 bits per heavy atom. The van der Waals surface area contributed by atoms with Gasteiger partial charge in [-0.15, -0.1) is 0 Å². The highest BCUT2D eigenvalue weighted by molar-refractivity contribution is 5.94. The summed E-state index contributed by atoms with van der Waals surface area (Å²) in [5.41, 5.74) is 5.27. The molecule has 1 rings (SSSR count). The van der Waals surface area contributed by atoms with Gasteiger partial charge in [-0.2, -0.15) is 0 Å². The van der Waals surface area contributed by atoms with Gasteiger partial charge in [0.2, 0.25) is 17.7 Å². The van der Waals surface area contributed by atoms with Gasteiger partial charge < -0.3 is 31.5 Å². The largest absolute Gasteiger partial charge is 0.480 e. The molecule has 10 nitrogen and oxygen atoms in total. The fourth-order valence-corrected chi connectivity index (χ4v) is 2.68. The zero-order chi connectivity index (χ0) is 19.1. The number of carbonyl (C=O) groups excluding carboxylic acids is 3. The van der Waals surface area contributed by atoms with Crippen molar-refractivity contribution in [2.45, 2.75) is 44.8 Å². The minimum Gasteiger partial charge on any atom is -0.480 e. The molecule has 142 valence electrons. The van der Waals surface area contributed by atoms with Crippen molar-refractivity contribution < 1.29 is 29.4 Å². The average Bonchev–Trinajstić information content (AvgIpc) is 3.05. The highest BCUT2D eigenvalue weighted by Gasteiger charge is 2.39. The van der Waals surface area contributed by atoms with Crippen LogP contribution in [0.3, 0.4) is 0 Å². The fraction of sp³-hybridized carbons (Fsp3) is 0.733.